The van der Waals surface area contributed by atoms with Crippen molar-refractivity contribution in [1.82, 2.24) is 10.3 Å². The zero-order valence-electron chi connectivity index (χ0n) is 11.6. The second-order valence-corrected chi connectivity index (χ2v) is 4.93. The number of hydrogen-bond acceptors (Lipinski definition) is 3. The van der Waals surface area contributed by atoms with Crippen LogP contribution in [0.1, 0.15) is 35.5 Å². The molecule has 0 fully saturated rings. The molecule has 2 rings (SSSR count). The number of nitrogens with one attached hydrogen (secondary N) is 1. The third kappa shape index (κ3) is 3.55. The molecular weight excluding hydrogens is 236 g/mol. The van der Waals surface area contributed by atoms with Gasteiger partial charge in [0.25, 0.3) is 0 Å². The van der Waals surface area contributed by atoms with Gasteiger partial charge in [-0.05, 0) is 38.5 Å². The number of nitrogens with zero attached hydrogens (tertiary/aromatic N) is 1. The molecule has 3 nitrogen and oxygen atoms in total. The summed E-state index contributed by atoms with van der Waals surface area (Å²) in [7, 11) is 0. The molecule has 0 spiro atoms. The summed E-state index contributed by atoms with van der Waals surface area (Å²) < 4.78 is 0. The fraction of sp³-hybridized carbons (Fsp3) is 0.312. The van der Waals surface area contributed by atoms with E-state index in [9.17, 15) is 5.11 Å². The highest BCUT2D eigenvalue weighted by Gasteiger charge is 2.07. The minimum Gasteiger partial charge on any atom is -0.506 e. The van der Waals surface area contributed by atoms with Crippen molar-refractivity contribution in [3.05, 3.63) is 58.9 Å². The lowest BCUT2D eigenvalue weighted by Gasteiger charge is -2.15. The Morgan fingerprint density at radius 1 is 1.11 bits per heavy atom. The van der Waals surface area contributed by atoms with E-state index in [1.807, 2.05) is 13.0 Å². The second kappa shape index (κ2) is 5.85. The standard InChI is InChI=1S/C16H20N2O/c1-11-4-7-14(8-5-11)13(3)17-10-15-16(19)9-6-12(2)18-15/h4-9,13,17,19H,10H2,1-3H3. The molecule has 0 amide bonds. The van der Waals surface area contributed by atoms with Gasteiger partial charge < -0.3 is 10.4 Å². The molecule has 1 heterocycles. The molecule has 0 saturated carbocycles. The van der Waals surface area contributed by atoms with E-state index in [2.05, 4.69) is 48.4 Å². The summed E-state index contributed by atoms with van der Waals surface area (Å²) in [6.45, 7) is 6.67. The predicted octanol–water partition coefficient (Wildman–Crippen LogP) is 3.25. The Morgan fingerprint density at radius 3 is 2.47 bits per heavy atom. The maximum Gasteiger partial charge on any atom is 0.138 e. The topological polar surface area (TPSA) is 45.2 Å². The van der Waals surface area contributed by atoms with Crippen molar-refractivity contribution in [3.63, 3.8) is 0 Å². The highest BCUT2D eigenvalue weighted by atomic mass is 16.3. The largest absolute Gasteiger partial charge is 0.506 e. The van der Waals surface area contributed by atoms with E-state index in [0.717, 1.165) is 5.69 Å². The van der Waals surface area contributed by atoms with E-state index in [-0.39, 0.29) is 11.8 Å². The predicted molar refractivity (Wildman–Crippen MR) is 77.1 cm³/mol. The fourth-order valence-electron chi connectivity index (χ4n) is 1.96. The Morgan fingerprint density at radius 2 is 1.79 bits per heavy atom. The molecule has 100 valence electrons. The van der Waals surface area contributed by atoms with E-state index in [1.165, 1.54) is 11.1 Å². The number of aromatic hydroxyl groups is 1. The van der Waals surface area contributed by atoms with Crippen LogP contribution in [0, 0.1) is 13.8 Å². The van der Waals surface area contributed by atoms with Gasteiger partial charge in [-0.2, -0.15) is 0 Å². The maximum atomic E-state index is 9.75. The SMILES string of the molecule is Cc1ccc(C(C)NCc2nc(C)ccc2O)cc1. The van der Waals surface area contributed by atoms with E-state index in [1.54, 1.807) is 6.07 Å². The summed E-state index contributed by atoms with van der Waals surface area (Å²) in [5.74, 6) is 0.245. The first-order valence-electron chi connectivity index (χ1n) is 6.51. The molecule has 19 heavy (non-hydrogen) atoms. The van der Waals surface area contributed by atoms with Crippen molar-refractivity contribution in [2.75, 3.05) is 0 Å². The Labute approximate surface area is 114 Å². The monoisotopic (exact) mass is 256 g/mol. The van der Waals surface area contributed by atoms with Gasteiger partial charge in [-0.25, -0.2) is 0 Å². The summed E-state index contributed by atoms with van der Waals surface area (Å²) in [6, 6.07) is 12.2. The van der Waals surface area contributed by atoms with Gasteiger partial charge in [-0.3, -0.25) is 4.98 Å². The molecule has 0 radical (unpaired) electrons. The van der Waals surface area contributed by atoms with Crippen LogP contribution in [-0.2, 0) is 6.54 Å². The highest BCUT2D eigenvalue weighted by Crippen LogP contribution is 2.17. The summed E-state index contributed by atoms with van der Waals surface area (Å²) in [5.41, 5.74) is 4.10. The third-order valence-electron chi connectivity index (χ3n) is 3.24. The molecule has 3 heteroatoms. The molecule has 1 atom stereocenters. The van der Waals surface area contributed by atoms with E-state index >= 15 is 0 Å². The molecule has 2 aromatic rings. The molecule has 1 unspecified atom stereocenters. The van der Waals surface area contributed by atoms with Gasteiger partial charge in [0.1, 0.15) is 5.75 Å². The van der Waals surface area contributed by atoms with Crippen LogP contribution in [0.15, 0.2) is 36.4 Å². The van der Waals surface area contributed by atoms with Gasteiger partial charge in [-0.1, -0.05) is 29.8 Å². The van der Waals surface area contributed by atoms with Crippen LogP contribution in [0.3, 0.4) is 0 Å². The molecule has 0 bridgehead atoms. The van der Waals surface area contributed by atoms with E-state index in [4.69, 9.17) is 0 Å². The van der Waals surface area contributed by atoms with Gasteiger partial charge >= 0.3 is 0 Å². The number of aromatic nitrogens is 1. The number of pyridine rings is 1. The average Bonchev–Trinajstić information content (AvgIpc) is 2.40. The van der Waals surface area contributed by atoms with Crippen LogP contribution in [-0.4, -0.2) is 10.1 Å². The Bertz CT molecular complexity index is 549. The first kappa shape index (κ1) is 13.6. The van der Waals surface area contributed by atoms with Crippen LogP contribution in [0.2, 0.25) is 0 Å². The fourth-order valence-corrected chi connectivity index (χ4v) is 1.96. The Kier molecular flexibility index (Phi) is 4.17. The first-order valence-corrected chi connectivity index (χ1v) is 6.51. The van der Waals surface area contributed by atoms with Crippen molar-refractivity contribution in [2.24, 2.45) is 0 Å². The molecule has 1 aromatic carbocycles. The van der Waals surface area contributed by atoms with E-state index < -0.39 is 0 Å². The van der Waals surface area contributed by atoms with E-state index in [0.29, 0.717) is 12.2 Å². The van der Waals surface area contributed by atoms with Crippen molar-refractivity contribution in [1.29, 1.82) is 0 Å². The molecule has 0 saturated heterocycles. The Balaban J connectivity index is 2.02. The van der Waals surface area contributed by atoms with Crippen LogP contribution in [0.25, 0.3) is 0 Å². The summed E-state index contributed by atoms with van der Waals surface area (Å²) >= 11 is 0. The average molecular weight is 256 g/mol. The van der Waals surface area contributed by atoms with Crippen molar-refractivity contribution < 1.29 is 5.11 Å². The van der Waals surface area contributed by atoms with Crippen molar-refractivity contribution in [3.8, 4) is 5.75 Å². The minimum atomic E-state index is 0.224. The lowest BCUT2D eigenvalue weighted by atomic mass is 10.1. The van der Waals surface area contributed by atoms with Gasteiger partial charge in [0.2, 0.25) is 0 Å². The molecule has 0 aliphatic heterocycles. The van der Waals surface area contributed by atoms with Crippen LogP contribution < -0.4 is 5.32 Å². The quantitative estimate of drug-likeness (QED) is 0.882. The molecule has 0 aliphatic carbocycles. The van der Waals surface area contributed by atoms with Crippen LogP contribution in [0.5, 0.6) is 5.75 Å². The molecule has 1 aromatic heterocycles. The molecular formula is C16H20N2O. The summed E-state index contributed by atoms with van der Waals surface area (Å²) in [5, 5.41) is 13.1. The van der Waals surface area contributed by atoms with Crippen molar-refractivity contribution in [2.45, 2.75) is 33.4 Å². The summed E-state index contributed by atoms with van der Waals surface area (Å²) in [6.07, 6.45) is 0. The van der Waals surface area contributed by atoms with Gasteiger partial charge in [-0.15, -0.1) is 0 Å². The lowest BCUT2D eigenvalue weighted by molar-refractivity contribution is 0.454. The van der Waals surface area contributed by atoms with Gasteiger partial charge in [0, 0.05) is 18.3 Å². The number of hydrogen-bond donors (Lipinski definition) is 2. The normalized spacial score (nSPS) is 12.4. The molecule has 2 N–H and O–H groups in total. The number of rotatable bonds is 4. The number of benzene rings is 1. The lowest BCUT2D eigenvalue weighted by Crippen LogP contribution is -2.19. The molecule has 0 aliphatic rings. The third-order valence-corrected chi connectivity index (χ3v) is 3.24. The van der Waals surface area contributed by atoms with Crippen molar-refractivity contribution >= 4 is 0 Å². The second-order valence-electron chi connectivity index (χ2n) is 4.93. The smallest absolute Gasteiger partial charge is 0.138 e. The van der Waals surface area contributed by atoms with Gasteiger partial charge in [0.05, 0.1) is 5.69 Å². The summed E-state index contributed by atoms with van der Waals surface area (Å²) in [4.78, 5) is 4.34. The number of aryl methyl sites for hydroxylation is 2. The zero-order chi connectivity index (χ0) is 13.8. The zero-order valence-corrected chi connectivity index (χ0v) is 11.6. The highest BCUT2D eigenvalue weighted by molar-refractivity contribution is 5.28. The van der Waals surface area contributed by atoms with Crippen LogP contribution in [0.4, 0.5) is 0 Å². The van der Waals surface area contributed by atoms with Crippen LogP contribution >= 0.6 is 0 Å². The Hall–Kier alpha value is -1.87. The maximum absolute atomic E-state index is 9.75. The minimum absolute atomic E-state index is 0.224. The van der Waals surface area contributed by atoms with Gasteiger partial charge in [0.15, 0.2) is 0 Å². The first-order chi connectivity index (χ1) is 9.06.